The normalized spacial score (nSPS) is 16.1. The zero-order valence-corrected chi connectivity index (χ0v) is 16.9. The van der Waals surface area contributed by atoms with Crippen LogP contribution < -0.4 is 10.5 Å². The topological polar surface area (TPSA) is 59.0 Å². The van der Waals surface area contributed by atoms with Crippen molar-refractivity contribution in [2.75, 3.05) is 40.0 Å². The molecule has 2 aromatic heterocycles. The highest BCUT2D eigenvalue weighted by atomic mass is 16.5. The predicted molar refractivity (Wildman–Crippen MR) is 114 cm³/mol. The quantitative estimate of drug-likeness (QED) is 0.738. The molecule has 3 heterocycles. The lowest BCUT2D eigenvalue weighted by Gasteiger charge is -2.35. The van der Waals surface area contributed by atoms with Crippen LogP contribution in [0.25, 0.3) is 16.9 Å². The number of para-hydroxylation sites is 1. The molecule has 1 aliphatic heterocycles. The molecule has 0 radical (unpaired) electrons. The van der Waals surface area contributed by atoms with Gasteiger partial charge in [0.25, 0.3) is 0 Å². The summed E-state index contributed by atoms with van der Waals surface area (Å²) in [6.45, 7) is 3.11. The van der Waals surface area contributed by atoms with Gasteiger partial charge in [-0.25, -0.2) is 4.98 Å². The van der Waals surface area contributed by atoms with Crippen molar-refractivity contribution in [1.82, 2.24) is 19.2 Å². The Balaban J connectivity index is 1.76. The van der Waals surface area contributed by atoms with Gasteiger partial charge in [-0.1, -0.05) is 12.1 Å². The fraction of sp³-hybridized carbons (Fsp3) is 0.409. The van der Waals surface area contributed by atoms with Crippen molar-refractivity contribution in [2.45, 2.75) is 25.4 Å². The first-order valence-electron chi connectivity index (χ1n) is 9.85. The number of likely N-dealkylation sites (tertiary alicyclic amines) is 1. The molecule has 6 nitrogen and oxygen atoms in total. The number of methoxy groups -OCH3 is 1. The summed E-state index contributed by atoms with van der Waals surface area (Å²) >= 11 is 0. The zero-order valence-electron chi connectivity index (χ0n) is 16.9. The molecular formula is C22H29N5O. The lowest BCUT2D eigenvalue weighted by molar-refractivity contribution is 0.138. The van der Waals surface area contributed by atoms with Crippen molar-refractivity contribution < 1.29 is 4.74 Å². The number of ether oxygens (including phenoxy) is 1. The molecule has 0 saturated carbocycles. The summed E-state index contributed by atoms with van der Waals surface area (Å²) in [7, 11) is 6.12. The van der Waals surface area contributed by atoms with Crippen LogP contribution in [0.2, 0.25) is 0 Å². The highest BCUT2D eigenvalue weighted by Gasteiger charge is 2.24. The fourth-order valence-corrected chi connectivity index (χ4v) is 4.12. The number of piperidine rings is 1. The van der Waals surface area contributed by atoms with Gasteiger partial charge in [0.05, 0.1) is 18.5 Å². The van der Waals surface area contributed by atoms with E-state index in [4.69, 9.17) is 15.5 Å². The van der Waals surface area contributed by atoms with Gasteiger partial charge in [-0.15, -0.1) is 0 Å². The molecule has 0 atom stereocenters. The number of rotatable bonds is 5. The third-order valence-corrected chi connectivity index (χ3v) is 5.81. The number of nitrogen functional groups attached to an aromatic ring is 1. The van der Waals surface area contributed by atoms with Crippen LogP contribution in [0.5, 0.6) is 5.75 Å². The van der Waals surface area contributed by atoms with E-state index >= 15 is 0 Å². The number of fused-ring (bicyclic) bond motifs is 1. The minimum Gasteiger partial charge on any atom is -0.496 e. The first-order chi connectivity index (χ1) is 13.6. The van der Waals surface area contributed by atoms with Gasteiger partial charge in [-0.3, -0.25) is 4.90 Å². The van der Waals surface area contributed by atoms with Gasteiger partial charge in [-0.05, 0) is 64.3 Å². The molecule has 1 fully saturated rings. The van der Waals surface area contributed by atoms with E-state index in [1.807, 2.05) is 36.5 Å². The molecule has 0 bridgehead atoms. The van der Waals surface area contributed by atoms with E-state index in [1.54, 1.807) is 7.11 Å². The third kappa shape index (κ3) is 3.57. The van der Waals surface area contributed by atoms with Crippen molar-refractivity contribution in [3.63, 3.8) is 0 Å². The molecule has 1 aromatic carbocycles. The largest absolute Gasteiger partial charge is 0.496 e. The molecule has 0 amide bonds. The number of hydrogen-bond acceptors (Lipinski definition) is 5. The van der Waals surface area contributed by atoms with Crippen LogP contribution in [-0.2, 0) is 6.54 Å². The van der Waals surface area contributed by atoms with Crippen LogP contribution in [0.15, 0.2) is 42.6 Å². The highest BCUT2D eigenvalue weighted by Crippen LogP contribution is 2.33. The standard InChI is InChI=1S/C22H29N5O/c1-25-12-10-17(11-13-25)26(2)15-19-22(18-6-4-5-7-20(18)28-3)24-21-9-8-16(23)14-27(19)21/h4-9,14,17H,10-13,15,23H2,1-3H3. The van der Waals surface area contributed by atoms with Crippen molar-refractivity contribution in [2.24, 2.45) is 0 Å². The maximum absolute atomic E-state index is 6.09. The van der Waals surface area contributed by atoms with E-state index in [0.717, 1.165) is 53.7 Å². The number of aromatic nitrogens is 2. The van der Waals surface area contributed by atoms with Crippen molar-refractivity contribution in [3.8, 4) is 17.0 Å². The Morgan fingerprint density at radius 3 is 2.68 bits per heavy atom. The second kappa shape index (κ2) is 7.81. The maximum atomic E-state index is 6.09. The number of imidazole rings is 1. The number of hydrogen-bond donors (Lipinski definition) is 1. The summed E-state index contributed by atoms with van der Waals surface area (Å²) in [5, 5.41) is 0. The van der Waals surface area contributed by atoms with E-state index in [9.17, 15) is 0 Å². The Kier molecular flexibility index (Phi) is 5.24. The van der Waals surface area contributed by atoms with Crippen LogP contribution in [0.1, 0.15) is 18.5 Å². The third-order valence-electron chi connectivity index (χ3n) is 5.81. The fourth-order valence-electron chi connectivity index (χ4n) is 4.12. The minimum atomic E-state index is 0.577. The van der Waals surface area contributed by atoms with Crippen molar-refractivity contribution in [3.05, 3.63) is 48.3 Å². The number of anilines is 1. The Morgan fingerprint density at radius 1 is 1.18 bits per heavy atom. The van der Waals surface area contributed by atoms with E-state index in [0.29, 0.717) is 6.04 Å². The van der Waals surface area contributed by atoms with E-state index in [-0.39, 0.29) is 0 Å². The molecule has 1 aliphatic rings. The zero-order chi connectivity index (χ0) is 19.7. The van der Waals surface area contributed by atoms with Gasteiger partial charge in [0.15, 0.2) is 0 Å². The van der Waals surface area contributed by atoms with Crippen molar-refractivity contribution >= 4 is 11.3 Å². The van der Waals surface area contributed by atoms with Gasteiger partial charge >= 0.3 is 0 Å². The molecular weight excluding hydrogens is 350 g/mol. The van der Waals surface area contributed by atoms with Crippen LogP contribution in [0.3, 0.4) is 0 Å². The van der Waals surface area contributed by atoms with E-state index in [2.05, 4.69) is 34.4 Å². The molecule has 1 saturated heterocycles. The molecule has 0 unspecified atom stereocenters. The predicted octanol–water partition coefficient (Wildman–Crippen LogP) is 3.12. The lowest BCUT2D eigenvalue weighted by Crippen LogP contribution is -2.41. The number of benzene rings is 1. The van der Waals surface area contributed by atoms with Gasteiger partial charge in [-0.2, -0.15) is 0 Å². The summed E-state index contributed by atoms with van der Waals surface area (Å²) in [5.74, 6) is 0.835. The highest BCUT2D eigenvalue weighted by molar-refractivity contribution is 5.72. The average molecular weight is 380 g/mol. The van der Waals surface area contributed by atoms with Crippen LogP contribution in [-0.4, -0.2) is 59.5 Å². The summed E-state index contributed by atoms with van der Waals surface area (Å²) in [4.78, 5) is 9.79. The van der Waals surface area contributed by atoms with Crippen LogP contribution >= 0.6 is 0 Å². The van der Waals surface area contributed by atoms with Gasteiger partial charge in [0, 0.05) is 30.0 Å². The maximum Gasteiger partial charge on any atom is 0.137 e. The Labute approximate surface area is 166 Å². The second-order valence-corrected chi connectivity index (χ2v) is 7.75. The van der Waals surface area contributed by atoms with Gasteiger partial charge in [0.2, 0.25) is 0 Å². The number of nitrogens with two attached hydrogens (primary N) is 1. The Hall–Kier alpha value is -2.57. The van der Waals surface area contributed by atoms with Crippen molar-refractivity contribution in [1.29, 1.82) is 0 Å². The first-order valence-corrected chi connectivity index (χ1v) is 9.85. The second-order valence-electron chi connectivity index (χ2n) is 7.75. The first kappa shape index (κ1) is 18.8. The molecule has 6 heteroatoms. The number of nitrogens with zero attached hydrogens (tertiary/aromatic N) is 4. The molecule has 2 N–H and O–H groups in total. The molecule has 0 aliphatic carbocycles. The van der Waals surface area contributed by atoms with Crippen LogP contribution in [0.4, 0.5) is 5.69 Å². The smallest absolute Gasteiger partial charge is 0.137 e. The Morgan fingerprint density at radius 2 is 1.93 bits per heavy atom. The Bertz CT molecular complexity index is 959. The molecule has 3 aromatic rings. The van der Waals surface area contributed by atoms with E-state index in [1.165, 1.54) is 12.8 Å². The summed E-state index contributed by atoms with van der Waals surface area (Å²) in [6.07, 6.45) is 4.35. The lowest BCUT2D eigenvalue weighted by atomic mass is 10.0. The molecule has 4 rings (SSSR count). The molecule has 0 spiro atoms. The molecule has 28 heavy (non-hydrogen) atoms. The summed E-state index contributed by atoms with van der Waals surface area (Å²) < 4.78 is 7.74. The molecule has 148 valence electrons. The van der Waals surface area contributed by atoms with Gasteiger partial charge < -0.3 is 19.8 Å². The minimum absolute atomic E-state index is 0.577. The average Bonchev–Trinajstić information content (AvgIpc) is 3.05. The van der Waals surface area contributed by atoms with Crippen LogP contribution in [0, 0.1) is 0 Å². The number of pyridine rings is 1. The summed E-state index contributed by atoms with van der Waals surface area (Å²) in [5.41, 5.74) is 10.9. The summed E-state index contributed by atoms with van der Waals surface area (Å²) in [6, 6.07) is 12.5. The van der Waals surface area contributed by atoms with E-state index < -0.39 is 0 Å². The van der Waals surface area contributed by atoms with Gasteiger partial charge in [0.1, 0.15) is 11.4 Å². The SMILES string of the molecule is COc1ccccc1-c1nc2ccc(N)cn2c1CN(C)C1CCN(C)CC1. The monoisotopic (exact) mass is 379 g/mol.